The molecule has 0 spiro atoms. The third kappa shape index (κ3) is 8.32. The second-order valence-electron chi connectivity index (χ2n) is 8.27. The number of anilines is 1. The molecular formula is C25H29N3O6S. The van der Waals surface area contributed by atoms with E-state index in [4.69, 9.17) is 4.74 Å². The number of Topliss-reactive ketones (excluding diaryl/α,β-unsaturated/α-hetero) is 1. The number of amidine groups is 1. The molecule has 0 atom stereocenters. The van der Waals surface area contributed by atoms with Crippen LogP contribution in [-0.4, -0.2) is 45.1 Å². The molecule has 0 saturated heterocycles. The fourth-order valence-electron chi connectivity index (χ4n) is 3.43. The Labute approximate surface area is 205 Å². The van der Waals surface area contributed by atoms with E-state index in [-0.39, 0.29) is 29.2 Å². The van der Waals surface area contributed by atoms with Gasteiger partial charge in [0.2, 0.25) is 0 Å². The van der Waals surface area contributed by atoms with E-state index >= 15 is 0 Å². The van der Waals surface area contributed by atoms with Gasteiger partial charge in [0.1, 0.15) is 5.84 Å². The third-order valence-corrected chi connectivity index (χ3v) is 6.73. The summed E-state index contributed by atoms with van der Waals surface area (Å²) in [6.45, 7) is 1.95. The van der Waals surface area contributed by atoms with Crippen LogP contribution in [0.1, 0.15) is 54.4 Å². The lowest BCUT2D eigenvalue weighted by molar-refractivity contribution is -0.147. The van der Waals surface area contributed by atoms with E-state index in [0.717, 1.165) is 24.8 Å². The average molecular weight is 500 g/mol. The molecule has 0 unspecified atom stereocenters. The first-order valence-electron chi connectivity index (χ1n) is 11.4. The summed E-state index contributed by atoms with van der Waals surface area (Å²) in [6.07, 6.45) is 3.20. The van der Waals surface area contributed by atoms with E-state index in [2.05, 4.69) is 15.0 Å². The van der Waals surface area contributed by atoms with Crippen molar-refractivity contribution in [1.82, 2.24) is 4.72 Å². The molecule has 186 valence electrons. The molecule has 0 saturated carbocycles. The second kappa shape index (κ2) is 12.3. The first-order valence-corrected chi connectivity index (χ1v) is 12.9. The largest absolute Gasteiger partial charge is 0.456 e. The van der Waals surface area contributed by atoms with Crippen LogP contribution in [0.5, 0.6) is 0 Å². The minimum absolute atomic E-state index is 0.0196. The minimum atomic E-state index is -3.85. The molecule has 0 bridgehead atoms. The molecule has 1 aliphatic rings. The van der Waals surface area contributed by atoms with E-state index in [9.17, 15) is 22.8 Å². The SMILES string of the molecule is Cc1ccc(C(=O)CCC(=O)OCC(=O)Nc2cccc(S(=O)(=O)NC3=NCCCCC3)c2)cc1. The van der Waals surface area contributed by atoms with Gasteiger partial charge in [0.15, 0.2) is 12.4 Å². The molecule has 0 fully saturated rings. The Kier molecular flexibility index (Phi) is 9.13. The van der Waals surface area contributed by atoms with Gasteiger partial charge in [0, 0.05) is 30.6 Å². The highest BCUT2D eigenvalue weighted by Gasteiger charge is 2.18. The van der Waals surface area contributed by atoms with Gasteiger partial charge < -0.3 is 10.1 Å². The second-order valence-corrected chi connectivity index (χ2v) is 9.95. The monoisotopic (exact) mass is 499 g/mol. The van der Waals surface area contributed by atoms with E-state index in [1.807, 2.05) is 19.1 Å². The summed E-state index contributed by atoms with van der Waals surface area (Å²) in [5.74, 6) is -1.05. The van der Waals surface area contributed by atoms with Crippen LogP contribution < -0.4 is 10.0 Å². The fraction of sp³-hybridized carbons (Fsp3) is 0.360. The molecule has 2 N–H and O–H groups in total. The summed E-state index contributed by atoms with van der Waals surface area (Å²) in [4.78, 5) is 40.5. The number of carbonyl (C=O) groups is 3. The molecule has 1 heterocycles. The molecule has 3 rings (SSSR count). The molecule has 10 heteroatoms. The maximum Gasteiger partial charge on any atom is 0.306 e. The number of esters is 1. The summed E-state index contributed by atoms with van der Waals surface area (Å²) < 4.78 is 32.9. The van der Waals surface area contributed by atoms with Crippen LogP contribution >= 0.6 is 0 Å². The van der Waals surface area contributed by atoms with Gasteiger partial charge >= 0.3 is 5.97 Å². The number of aliphatic imine (C=N–C) groups is 1. The van der Waals surface area contributed by atoms with Crippen molar-refractivity contribution in [3.63, 3.8) is 0 Å². The van der Waals surface area contributed by atoms with Crippen LogP contribution in [0.25, 0.3) is 0 Å². The van der Waals surface area contributed by atoms with Crippen molar-refractivity contribution in [2.75, 3.05) is 18.5 Å². The van der Waals surface area contributed by atoms with Crippen LogP contribution in [0.3, 0.4) is 0 Å². The van der Waals surface area contributed by atoms with Crippen molar-refractivity contribution in [3.8, 4) is 0 Å². The molecule has 35 heavy (non-hydrogen) atoms. The summed E-state index contributed by atoms with van der Waals surface area (Å²) in [7, 11) is -3.85. The van der Waals surface area contributed by atoms with Gasteiger partial charge in [0.05, 0.1) is 11.3 Å². The smallest absolute Gasteiger partial charge is 0.306 e. The van der Waals surface area contributed by atoms with E-state index in [1.54, 1.807) is 12.1 Å². The number of ether oxygens (including phenoxy) is 1. The number of amides is 1. The van der Waals surface area contributed by atoms with Crippen LogP contribution in [0.15, 0.2) is 58.4 Å². The number of ketones is 1. The molecule has 2 aromatic carbocycles. The van der Waals surface area contributed by atoms with Gasteiger partial charge in [-0.1, -0.05) is 42.3 Å². The Hall–Kier alpha value is -3.53. The van der Waals surface area contributed by atoms with Crippen molar-refractivity contribution < 1.29 is 27.5 Å². The number of aryl methyl sites for hydroxylation is 1. The standard InChI is InChI=1S/C25H29N3O6S/c1-18-9-11-19(12-10-18)22(29)13-14-25(31)34-17-24(30)27-20-6-5-7-21(16-20)35(32,33)28-23-8-3-2-4-15-26-23/h5-7,9-12,16H,2-4,8,13-15,17H2,1H3,(H,26,28)(H,27,30). The molecule has 1 aliphatic heterocycles. The molecule has 0 aromatic heterocycles. The number of sulfonamides is 1. The van der Waals surface area contributed by atoms with Gasteiger partial charge in [-0.2, -0.15) is 0 Å². The zero-order chi connectivity index (χ0) is 25.3. The number of rotatable bonds is 9. The molecule has 1 amide bonds. The highest BCUT2D eigenvalue weighted by Crippen LogP contribution is 2.17. The lowest BCUT2D eigenvalue weighted by Crippen LogP contribution is -2.30. The lowest BCUT2D eigenvalue weighted by Gasteiger charge is -2.11. The van der Waals surface area contributed by atoms with Gasteiger partial charge in [-0.05, 0) is 38.0 Å². The van der Waals surface area contributed by atoms with Gasteiger partial charge in [-0.3, -0.25) is 24.1 Å². The maximum absolute atomic E-state index is 12.7. The molecular weight excluding hydrogens is 470 g/mol. The quantitative estimate of drug-likeness (QED) is 0.402. The molecule has 0 aliphatic carbocycles. The Bertz CT molecular complexity index is 1210. The van der Waals surface area contributed by atoms with Gasteiger partial charge in [0.25, 0.3) is 15.9 Å². The molecule has 0 radical (unpaired) electrons. The number of hydrogen-bond donors (Lipinski definition) is 2. The number of hydrogen-bond acceptors (Lipinski definition) is 7. The van der Waals surface area contributed by atoms with E-state index in [1.165, 1.54) is 24.3 Å². The summed E-state index contributed by atoms with van der Waals surface area (Å²) in [5, 5.41) is 2.51. The highest BCUT2D eigenvalue weighted by molar-refractivity contribution is 7.90. The Balaban J connectivity index is 1.47. The number of nitrogens with one attached hydrogen (secondary N) is 2. The zero-order valence-corrected chi connectivity index (χ0v) is 20.4. The molecule has 9 nitrogen and oxygen atoms in total. The van der Waals surface area contributed by atoms with Crippen LogP contribution in [-0.2, 0) is 24.3 Å². The predicted molar refractivity (Wildman–Crippen MR) is 132 cm³/mol. The Morgan fingerprint density at radius 2 is 1.77 bits per heavy atom. The maximum atomic E-state index is 12.7. The first kappa shape index (κ1) is 26.1. The van der Waals surface area contributed by atoms with Crippen molar-refractivity contribution >= 4 is 39.2 Å². The van der Waals surface area contributed by atoms with Gasteiger partial charge in [-0.25, -0.2) is 8.42 Å². The first-order chi connectivity index (χ1) is 16.7. The summed E-state index contributed by atoms with van der Waals surface area (Å²) in [5.41, 5.74) is 1.78. The van der Waals surface area contributed by atoms with Crippen molar-refractivity contribution in [3.05, 3.63) is 59.7 Å². The Morgan fingerprint density at radius 3 is 2.54 bits per heavy atom. The number of nitrogens with zero attached hydrogens (tertiary/aromatic N) is 1. The van der Waals surface area contributed by atoms with Crippen molar-refractivity contribution in [2.45, 2.75) is 50.3 Å². The minimum Gasteiger partial charge on any atom is -0.456 e. The topological polar surface area (TPSA) is 131 Å². The normalized spacial score (nSPS) is 13.8. The van der Waals surface area contributed by atoms with Crippen LogP contribution in [0, 0.1) is 6.92 Å². The highest BCUT2D eigenvalue weighted by atomic mass is 32.2. The van der Waals surface area contributed by atoms with Gasteiger partial charge in [-0.15, -0.1) is 0 Å². The fourth-order valence-corrected chi connectivity index (χ4v) is 4.56. The van der Waals surface area contributed by atoms with Crippen LogP contribution in [0.4, 0.5) is 5.69 Å². The van der Waals surface area contributed by atoms with E-state index in [0.29, 0.717) is 24.4 Å². The average Bonchev–Trinajstić information content (AvgIpc) is 3.10. The van der Waals surface area contributed by atoms with Crippen molar-refractivity contribution in [2.24, 2.45) is 4.99 Å². The van der Waals surface area contributed by atoms with Crippen molar-refractivity contribution in [1.29, 1.82) is 0 Å². The lowest BCUT2D eigenvalue weighted by atomic mass is 10.1. The number of benzene rings is 2. The summed E-state index contributed by atoms with van der Waals surface area (Å²) >= 11 is 0. The Morgan fingerprint density at radius 1 is 1.00 bits per heavy atom. The van der Waals surface area contributed by atoms with Crippen LogP contribution in [0.2, 0.25) is 0 Å². The third-order valence-electron chi connectivity index (χ3n) is 5.35. The zero-order valence-electron chi connectivity index (χ0n) is 19.6. The van der Waals surface area contributed by atoms with E-state index < -0.39 is 28.5 Å². The number of carbonyl (C=O) groups excluding carboxylic acids is 3. The molecule has 2 aromatic rings. The predicted octanol–water partition coefficient (Wildman–Crippen LogP) is 3.39. The summed E-state index contributed by atoms with van der Waals surface area (Å²) in [6, 6.07) is 12.8.